The van der Waals surface area contributed by atoms with Gasteiger partial charge in [-0.25, -0.2) is 4.57 Å². The van der Waals surface area contributed by atoms with Gasteiger partial charge in [0.1, 0.15) is 13.2 Å². The zero-order chi connectivity index (χ0) is 57.0. The summed E-state index contributed by atoms with van der Waals surface area (Å²) in [6.07, 6.45) is 78.5. The van der Waals surface area contributed by atoms with E-state index >= 15 is 0 Å². The van der Waals surface area contributed by atoms with Crippen molar-refractivity contribution in [3.63, 3.8) is 0 Å². The molecular formula is C69H138N2O6P+. The maximum Gasteiger partial charge on any atom is 0.472 e. The molecule has 0 aliphatic carbocycles. The molecule has 0 aromatic heterocycles. The molecular weight excluding hydrogens is 984 g/mol. The van der Waals surface area contributed by atoms with Gasteiger partial charge in [0, 0.05) is 6.42 Å². The molecule has 0 saturated carbocycles. The van der Waals surface area contributed by atoms with Crippen LogP contribution in [0.5, 0.6) is 0 Å². The Balaban J connectivity index is 4.01. The van der Waals surface area contributed by atoms with Gasteiger partial charge in [0.25, 0.3) is 0 Å². The number of likely N-dealkylation sites (N-methyl/N-ethyl adjacent to an activating group) is 1. The molecule has 0 heterocycles. The van der Waals surface area contributed by atoms with E-state index in [2.05, 4.69) is 43.5 Å². The number of rotatable bonds is 65. The molecule has 78 heavy (non-hydrogen) atoms. The lowest BCUT2D eigenvalue weighted by molar-refractivity contribution is -0.870. The summed E-state index contributed by atoms with van der Waals surface area (Å²) in [4.78, 5) is 23.4. The van der Waals surface area contributed by atoms with Gasteiger partial charge in [0.2, 0.25) is 5.91 Å². The molecule has 0 fully saturated rings. The van der Waals surface area contributed by atoms with E-state index in [1.54, 1.807) is 0 Å². The highest BCUT2D eigenvalue weighted by molar-refractivity contribution is 7.47. The first-order valence-electron chi connectivity index (χ1n) is 34.7. The number of nitrogens with one attached hydrogen (secondary N) is 1. The first-order chi connectivity index (χ1) is 38.0. The van der Waals surface area contributed by atoms with Crippen LogP contribution >= 0.6 is 7.82 Å². The number of hydrogen-bond acceptors (Lipinski definition) is 5. The Kier molecular flexibility index (Phi) is 59.8. The number of quaternary nitrogens is 1. The number of carbonyl (C=O) groups is 1. The second-order valence-corrected chi connectivity index (χ2v) is 26.7. The number of phosphoric acid groups is 1. The summed E-state index contributed by atoms with van der Waals surface area (Å²) >= 11 is 0. The summed E-state index contributed by atoms with van der Waals surface area (Å²) in [5, 5.41) is 14.2. The summed E-state index contributed by atoms with van der Waals surface area (Å²) in [7, 11) is 1.63. The van der Waals surface area contributed by atoms with E-state index in [1.165, 1.54) is 289 Å². The quantitative estimate of drug-likeness (QED) is 0.0243. The van der Waals surface area contributed by atoms with Crippen molar-refractivity contribution >= 4 is 13.7 Å². The molecule has 0 aliphatic heterocycles. The van der Waals surface area contributed by atoms with E-state index in [0.29, 0.717) is 23.9 Å². The number of amides is 1. The lowest BCUT2D eigenvalue weighted by Gasteiger charge is -2.26. The smallest absolute Gasteiger partial charge is 0.391 e. The normalized spacial score (nSPS) is 13.8. The molecule has 0 saturated heterocycles. The number of carbonyl (C=O) groups excluding carboxylic acids is 1. The van der Waals surface area contributed by atoms with E-state index in [1.807, 2.05) is 21.1 Å². The summed E-state index contributed by atoms with van der Waals surface area (Å²) < 4.78 is 23.9. The summed E-state index contributed by atoms with van der Waals surface area (Å²) in [6.45, 7) is 4.94. The first kappa shape index (κ1) is 77.0. The number of nitrogens with zero attached hydrogens (tertiary/aromatic N) is 1. The van der Waals surface area contributed by atoms with E-state index in [4.69, 9.17) is 9.05 Å². The summed E-state index contributed by atoms with van der Waals surface area (Å²) in [5.41, 5.74) is 0. The third kappa shape index (κ3) is 62.6. The number of phosphoric ester groups is 1. The van der Waals surface area contributed by atoms with Crippen LogP contribution in [0.25, 0.3) is 0 Å². The van der Waals surface area contributed by atoms with Gasteiger partial charge >= 0.3 is 7.82 Å². The van der Waals surface area contributed by atoms with Crippen LogP contribution in [0.4, 0.5) is 0 Å². The molecule has 0 rings (SSSR count). The number of unbranched alkanes of at least 4 members (excludes halogenated alkanes) is 48. The van der Waals surface area contributed by atoms with Crippen LogP contribution in [0, 0.1) is 0 Å². The summed E-state index contributed by atoms with van der Waals surface area (Å²) in [6, 6.07) is -0.761. The van der Waals surface area contributed by atoms with Gasteiger partial charge in [-0.1, -0.05) is 334 Å². The largest absolute Gasteiger partial charge is 0.472 e. The molecule has 0 aromatic carbocycles. The third-order valence-electron chi connectivity index (χ3n) is 16.2. The standard InChI is InChI=1S/C69H137N2O6P/c1-6-8-10-12-14-16-18-20-22-24-26-28-30-32-33-34-35-36-37-39-40-42-44-46-48-50-52-54-56-58-60-62-68(72)67(66-77-78(74,75)76-65-64-71(3,4)5)70-69(73)63-61-59-57-55-53-51-49-47-45-43-41-38-31-29-27-25-23-21-19-17-15-13-11-9-7-2/h19,21,25,27,67-68,72H,6-18,20,22-24,26,28-66H2,1-5H3,(H-,70,73,74,75)/p+1/b21-19-,27-25-. The molecule has 3 unspecified atom stereocenters. The highest BCUT2D eigenvalue weighted by atomic mass is 31.2. The fourth-order valence-corrected chi connectivity index (χ4v) is 11.5. The fraction of sp³-hybridized carbons (Fsp3) is 0.928. The summed E-state index contributed by atoms with van der Waals surface area (Å²) in [5.74, 6) is -0.139. The highest BCUT2D eigenvalue weighted by Gasteiger charge is 2.28. The molecule has 3 N–H and O–H groups in total. The van der Waals surface area contributed by atoms with Crippen LogP contribution in [-0.2, 0) is 18.4 Å². The molecule has 0 aromatic rings. The minimum atomic E-state index is -4.33. The van der Waals surface area contributed by atoms with E-state index in [9.17, 15) is 19.4 Å². The Labute approximate surface area is 487 Å². The zero-order valence-electron chi connectivity index (χ0n) is 53.2. The number of hydrogen-bond donors (Lipinski definition) is 3. The maximum atomic E-state index is 13.1. The van der Waals surface area contributed by atoms with Crippen molar-refractivity contribution in [3.8, 4) is 0 Å². The minimum Gasteiger partial charge on any atom is -0.391 e. The van der Waals surface area contributed by atoms with Crippen LogP contribution in [-0.4, -0.2) is 73.4 Å². The molecule has 0 radical (unpaired) electrons. The monoisotopic (exact) mass is 1120 g/mol. The number of aliphatic hydroxyl groups is 1. The first-order valence-corrected chi connectivity index (χ1v) is 36.2. The van der Waals surface area contributed by atoms with Crippen molar-refractivity contribution < 1.29 is 32.9 Å². The second-order valence-electron chi connectivity index (χ2n) is 25.3. The molecule has 0 bridgehead atoms. The van der Waals surface area contributed by atoms with Crippen LogP contribution in [0.2, 0.25) is 0 Å². The van der Waals surface area contributed by atoms with Crippen molar-refractivity contribution in [2.45, 2.75) is 373 Å². The molecule has 1 amide bonds. The SMILES string of the molecule is CCCCCCC/C=C\C/C=C\CCCCCCCCCCCCCCCC(=O)NC(COP(=O)(O)OCC[N+](C)(C)C)C(O)CCCCCCCCCCCCCCCCCCCCCCCCCCCCCCCCC. The second kappa shape index (κ2) is 60.6. The zero-order valence-corrected chi connectivity index (χ0v) is 54.1. The van der Waals surface area contributed by atoms with Crippen LogP contribution < -0.4 is 5.32 Å². The highest BCUT2D eigenvalue weighted by Crippen LogP contribution is 2.43. The third-order valence-corrected chi connectivity index (χ3v) is 17.2. The van der Waals surface area contributed by atoms with Gasteiger partial charge in [-0.15, -0.1) is 0 Å². The lowest BCUT2D eigenvalue weighted by atomic mass is 10.0. The van der Waals surface area contributed by atoms with Crippen molar-refractivity contribution in [3.05, 3.63) is 24.3 Å². The van der Waals surface area contributed by atoms with E-state index in [0.717, 1.165) is 44.9 Å². The molecule has 0 aliphatic rings. The average Bonchev–Trinajstić information content (AvgIpc) is 3.41. The van der Waals surface area contributed by atoms with Crippen molar-refractivity contribution in [1.82, 2.24) is 5.32 Å². The van der Waals surface area contributed by atoms with Crippen molar-refractivity contribution in [1.29, 1.82) is 0 Å². The van der Waals surface area contributed by atoms with Gasteiger partial charge in [0.05, 0.1) is 39.9 Å². The van der Waals surface area contributed by atoms with Crippen LogP contribution in [0.15, 0.2) is 24.3 Å². The Morgan fingerprint density at radius 2 is 0.731 bits per heavy atom. The molecule has 8 nitrogen and oxygen atoms in total. The van der Waals surface area contributed by atoms with E-state index in [-0.39, 0.29) is 19.1 Å². The van der Waals surface area contributed by atoms with Gasteiger partial charge in [-0.3, -0.25) is 13.8 Å². The van der Waals surface area contributed by atoms with Gasteiger partial charge in [0.15, 0.2) is 0 Å². The fourth-order valence-electron chi connectivity index (χ4n) is 10.8. The molecule has 3 atom stereocenters. The van der Waals surface area contributed by atoms with Crippen molar-refractivity contribution in [2.24, 2.45) is 0 Å². The molecule has 464 valence electrons. The van der Waals surface area contributed by atoms with E-state index < -0.39 is 20.0 Å². The Hall–Kier alpha value is -1.02. The predicted octanol–water partition coefficient (Wildman–Crippen LogP) is 21.9. The van der Waals surface area contributed by atoms with Crippen molar-refractivity contribution in [2.75, 3.05) is 40.9 Å². The number of allylic oxidation sites excluding steroid dienone is 4. The topological polar surface area (TPSA) is 105 Å². The van der Waals surface area contributed by atoms with Crippen LogP contribution in [0.1, 0.15) is 361 Å². The lowest BCUT2D eigenvalue weighted by Crippen LogP contribution is -2.46. The van der Waals surface area contributed by atoms with Gasteiger partial charge in [-0.2, -0.15) is 0 Å². The maximum absolute atomic E-state index is 13.1. The predicted molar refractivity (Wildman–Crippen MR) is 342 cm³/mol. The Bertz CT molecular complexity index is 1320. The molecule has 9 heteroatoms. The van der Waals surface area contributed by atoms with Gasteiger partial charge < -0.3 is 19.8 Å². The van der Waals surface area contributed by atoms with Gasteiger partial charge in [-0.05, 0) is 44.9 Å². The Morgan fingerprint density at radius 1 is 0.436 bits per heavy atom. The number of aliphatic hydroxyl groups excluding tert-OH is 1. The average molecular weight is 1120 g/mol. The van der Waals surface area contributed by atoms with Crippen LogP contribution in [0.3, 0.4) is 0 Å². The Morgan fingerprint density at radius 3 is 1.05 bits per heavy atom. The molecule has 0 spiro atoms. The minimum absolute atomic E-state index is 0.0765.